The number of rotatable bonds is 6. The lowest BCUT2D eigenvalue weighted by Crippen LogP contribution is -2.45. The quantitative estimate of drug-likeness (QED) is 0.785. The first-order valence-electron chi connectivity index (χ1n) is 7.40. The summed E-state index contributed by atoms with van der Waals surface area (Å²) in [6.45, 7) is 5.06. The minimum Gasteiger partial charge on any atom is -0.275 e. The average Bonchev–Trinajstić information content (AvgIpc) is 2.97. The van der Waals surface area contributed by atoms with E-state index in [1.165, 1.54) is 18.4 Å². The van der Waals surface area contributed by atoms with E-state index in [0.717, 1.165) is 32.5 Å². The molecule has 2 rings (SSSR count). The molecular weight excluding hydrogens is 236 g/mol. The molecule has 19 heavy (non-hydrogen) atoms. The summed E-state index contributed by atoms with van der Waals surface area (Å²) in [7, 11) is 0. The molecule has 104 valence electrons. The van der Waals surface area contributed by atoms with Crippen molar-refractivity contribution in [3.8, 4) is 0 Å². The van der Waals surface area contributed by atoms with E-state index in [1.54, 1.807) is 0 Å². The van der Waals surface area contributed by atoms with Gasteiger partial charge in [-0.3, -0.25) is 9.80 Å². The van der Waals surface area contributed by atoms with Gasteiger partial charge in [0.05, 0.1) is 0 Å². The minimum absolute atomic E-state index is 0.271. The molecule has 0 radical (unpaired) electrons. The maximum atomic E-state index is 12.4. The van der Waals surface area contributed by atoms with Crippen LogP contribution in [0.25, 0.3) is 0 Å². The van der Waals surface area contributed by atoms with Crippen LogP contribution in [-0.2, 0) is 11.2 Å². The zero-order valence-electron chi connectivity index (χ0n) is 11.8. The number of nitrogens with zero attached hydrogens (tertiary/aromatic N) is 2. The van der Waals surface area contributed by atoms with Crippen LogP contribution >= 0.6 is 0 Å². The first kappa shape index (κ1) is 14.1. The van der Waals surface area contributed by atoms with Crippen molar-refractivity contribution >= 4 is 5.91 Å². The fourth-order valence-corrected chi connectivity index (χ4v) is 2.60. The normalized spacial score (nSPS) is 15.6. The monoisotopic (exact) mass is 260 g/mol. The van der Waals surface area contributed by atoms with E-state index in [2.05, 4.69) is 24.1 Å². The zero-order chi connectivity index (χ0) is 13.5. The van der Waals surface area contributed by atoms with Crippen molar-refractivity contribution in [2.24, 2.45) is 0 Å². The lowest BCUT2D eigenvalue weighted by molar-refractivity contribution is -0.147. The van der Waals surface area contributed by atoms with E-state index in [-0.39, 0.29) is 5.91 Å². The highest BCUT2D eigenvalue weighted by Gasteiger charge is 2.22. The zero-order valence-corrected chi connectivity index (χ0v) is 11.8. The predicted octanol–water partition coefficient (Wildman–Crippen LogP) is 2.87. The van der Waals surface area contributed by atoms with E-state index in [4.69, 9.17) is 0 Å². The lowest BCUT2D eigenvalue weighted by atomic mass is 10.1. The first-order chi connectivity index (χ1) is 9.31. The molecule has 0 bridgehead atoms. The Balaban J connectivity index is 1.88. The van der Waals surface area contributed by atoms with Crippen LogP contribution in [0.3, 0.4) is 0 Å². The Hall–Kier alpha value is -1.35. The van der Waals surface area contributed by atoms with Gasteiger partial charge in [-0.2, -0.15) is 0 Å². The van der Waals surface area contributed by atoms with Crippen LogP contribution in [0, 0.1) is 0 Å². The minimum atomic E-state index is 0.271. The van der Waals surface area contributed by atoms with Crippen LogP contribution in [0.5, 0.6) is 0 Å². The topological polar surface area (TPSA) is 23.6 Å². The van der Waals surface area contributed by atoms with Gasteiger partial charge >= 0.3 is 0 Å². The van der Waals surface area contributed by atoms with Crippen LogP contribution in [0.15, 0.2) is 30.3 Å². The Bertz CT molecular complexity index is 385. The van der Waals surface area contributed by atoms with Crippen molar-refractivity contribution in [1.82, 2.24) is 10.0 Å². The van der Waals surface area contributed by atoms with Gasteiger partial charge in [0, 0.05) is 26.1 Å². The Morgan fingerprint density at radius 1 is 1.21 bits per heavy atom. The van der Waals surface area contributed by atoms with E-state index < -0.39 is 0 Å². The van der Waals surface area contributed by atoms with Gasteiger partial charge in [-0.25, -0.2) is 5.01 Å². The van der Waals surface area contributed by atoms with Crippen LogP contribution < -0.4 is 0 Å². The molecule has 0 unspecified atom stereocenters. The van der Waals surface area contributed by atoms with Gasteiger partial charge in [-0.15, -0.1) is 0 Å². The van der Waals surface area contributed by atoms with E-state index in [0.29, 0.717) is 6.42 Å². The Morgan fingerprint density at radius 3 is 2.53 bits per heavy atom. The van der Waals surface area contributed by atoms with Gasteiger partial charge in [0.1, 0.15) is 0 Å². The van der Waals surface area contributed by atoms with Crippen molar-refractivity contribution in [1.29, 1.82) is 0 Å². The van der Waals surface area contributed by atoms with Crippen LogP contribution in [0.1, 0.15) is 38.2 Å². The number of benzene rings is 1. The molecule has 1 saturated heterocycles. The van der Waals surface area contributed by atoms with E-state index in [1.807, 2.05) is 23.2 Å². The van der Waals surface area contributed by atoms with E-state index in [9.17, 15) is 4.79 Å². The Kier molecular flexibility index (Phi) is 5.40. The molecule has 0 atom stereocenters. The van der Waals surface area contributed by atoms with Gasteiger partial charge < -0.3 is 0 Å². The summed E-state index contributed by atoms with van der Waals surface area (Å²) >= 11 is 0. The molecule has 1 heterocycles. The molecule has 0 N–H and O–H groups in total. The number of amides is 1. The second-order valence-electron chi connectivity index (χ2n) is 5.16. The van der Waals surface area contributed by atoms with Crippen LogP contribution in [0.4, 0.5) is 0 Å². The average molecular weight is 260 g/mol. The third-order valence-electron chi connectivity index (χ3n) is 3.62. The van der Waals surface area contributed by atoms with Gasteiger partial charge in [-0.05, 0) is 31.2 Å². The molecule has 0 aliphatic carbocycles. The highest BCUT2D eigenvalue weighted by Crippen LogP contribution is 2.14. The molecule has 1 aliphatic rings. The third-order valence-corrected chi connectivity index (χ3v) is 3.62. The van der Waals surface area contributed by atoms with E-state index >= 15 is 0 Å². The Labute approximate surface area is 116 Å². The molecule has 1 aliphatic heterocycles. The maximum absolute atomic E-state index is 12.4. The fourth-order valence-electron chi connectivity index (χ4n) is 2.60. The van der Waals surface area contributed by atoms with Crippen molar-refractivity contribution in [3.63, 3.8) is 0 Å². The molecule has 3 heteroatoms. The molecule has 0 spiro atoms. The SMILES string of the molecule is CCCN(C(=O)CCc1ccccc1)N1CCCC1. The molecule has 1 fully saturated rings. The van der Waals surface area contributed by atoms with Crippen LogP contribution in [0.2, 0.25) is 0 Å². The molecule has 0 saturated carbocycles. The van der Waals surface area contributed by atoms with Gasteiger partial charge in [0.2, 0.25) is 5.91 Å². The summed E-state index contributed by atoms with van der Waals surface area (Å²) in [6, 6.07) is 10.3. The second kappa shape index (κ2) is 7.29. The predicted molar refractivity (Wildman–Crippen MR) is 77.6 cm³/mol. The Morgan fingerprint density at radius 2 is 1.89 bits per heavy atom. The largest absolute Gasteiger partial charge is 0.275 e. The number of hydrogen-bond donors (Lipinski definition) is 0. The number of aryl methyl sites for hydroxylation is 1. The molecule has 0 aromatic heterocycles. The van der Waals surface area contributed by atoms with Crippen molar-refractivity contribution < 1.29 is 4.79 Å². The summed E-state index contributed by atoms with van der Waals surface area (Å²) in [4.78, 5) is 12.4. The number of carbonyl (C=O) groups excluding carboxylic acids is 1. The van der Waals surface area contributed by atoms with Gasteiger partial charge in [0.25, 0.3) is 0 Å². The van der Waals surface area contributed by atoms with Crippen molar-refractivity contribution in [2.75, 3.05) is 19.6 Å². The van der Waals surface area contributed by atoms with Crippen molar-refractivity contribution in [3.05, 3.63) is 35.9 Å². The van der Waals surface area contributed by atoms with Crippen LogP contribution in [-0.4, -0.2) is 35.6 Å². The fraction of sp³-hybridized carbons (Fsp3) is 0.562. The standard InChI is InChI=1S/C16H24N2O/c1-2-12-18(17-13-6-7-14-17)16(19)11-10-15-8-4-3-5-9-15/h3-5,8-9H,2,6-7,10-14H2,1H3. The highest BCUT2D eigenvalue weighted by molar-refractivity contribution is 5.76. The number of hydrazine groups is 1. The number of hydrogen-bond acceptors (Lipinski definition) is 2. The summed E-state index contributed by atoms with van der Waals surface area (Å²) in [5.74, 6) is 0.271. The lowest BCUT2D eigenvalue weighted by Gasteiger charge is -2.31. The molecule has 1 aromatic rings. The van der Waals surface area contributed by atoms with Gasteiger partial charge in [0.15, 0.2) is 0 Å². The van der Waals surface area contributed by atoms with Crippen molar-refractivity contribution in [2.45, 2.75) is 39.0 Å². The maximum Gasteiger partial charge on any atom is 0.237 e. The molecular formula is C16H24N2O. The summed E-state index contributed by atoms with van der Waals surface area (Å²) in [5, 5.41) is 4.22. The summed E-state index contributed by atoms with van der Waals surface area (Å²) < 4.78 is 0. The first-order valence-corrected chi connectivity index (χ1v) is 7.40. The third kappa shape index (κ3) is 4.06. The smallest absolute Gasteiger partial charge is 0.237 e. The molecule has 1 amide bonds. The number of carbonyl (C=O) groups is 1. The summed E-state index contributed by atoms with van der Waals surface area (Å²) in [5.41, 5.74) is 1.24. The molecule has 3 nitrogen and oxygen atoms in total. The second-order valence-corrected chi connectivity index (χ2v) is 5.16. The van der Waals surface area contributed by atoms with Gasteiger partial charge in [-0.1, -0.05) is 37.3 Å². The molecule has 1 aromatic carbocycles. The highest BCUT2D eigenvalue weighted by atomic mass is 16.2. The summed E-state index contributed by atoms with van der Waals surface area (Å²) in [6.07, 6.45) is 4.90.